The molecule has 1 N–H and O–H groups in total. The lowest BCUT2D eigenvalue weighted by Gasteiger charge is -2.31. The molecule has 1 aliphatic rings. The highest BCUT2D eigenvalue weighted by molar-refractivity contribution is 6.07. The Bertz CT molecular complexity index is 1010. The average Bonchev–Trinajstić information content (AvgIpc) is 2.73. The fourth-order valence-corrected chi connectivity index (χ4v) is 3.35. The Morgan fingerprint density at radius 3 is 2.59 bits per heavy atom. The van der Waals surface area contributed by atoms with E-state index in [-0.39, 0.29) is 11.3 Å². The number of carbonyl (C=O) groups is 1. The molecule has 0 saturated carbocycles. The van der Waals surface area contributed by atoms with E-state index >= 15 is 0 Å². The molecule has 29 heavy (non-hydrogen) atoms. The quantitative estimate of drug-likeness (QED) is 0.713. The molecular formula is C23H24N4O2. The maximum atomic E-state index is 13.0. The van der Waals surface area contributed by atoms with Gasteiger partial charge in [0.1, 0.15) is 6.61 Å². The minimum absolute atomic E-state index is 0.0681. The second kappa shape index (κ2) is 7.54. The van der Waals surface area contributed by atoms with E-state index in [0.717, 1.165) is 17.2 Å². The number of anilines is 3. The zero-order valence-electron chi connectivity index (χ0n) is 16.8. The first kappa shape index (κ1) is 18.9. The minimum Gasteiger partial charge on any atom is -0.489 e. The molecule has 148 valence electrons. The summed E-state index contributed by atoms with van der Waals surface area (Å²) >= 11 is 0. The van der Waals surface area contributed by atoms with Gasteiger partial charge in [0.05, 0.1) is 24.0 Å². The van der Waals surface area contributed by atoms with Gasteiger partial charge in [-0.1, -0.05) is 39.0 Å². The molecule has 2 heterocycles. The van der Waals surface area contributed by atoms with Gasteiger partial charge in [-0.25, -0.2) is 4.98 Å². The van der Waals surface area contributed by atoms with E-state index in [0.29, 0.717) is 24.5 Å². The van der Waals surface area contributed by atoms with Crippen molar-refractivity contribution in [1.29, 1.82) is 0 Å². The predicted octanol–water partition coefficient (Wildman–Crippen LogP) is 4.56. The molecule has 2 aromatic carbocycles. The number of benzene rings is 2. The topological polar surface area (TPSA) is 67.3 Å². The maximum absolute atomic E-state index is 13.0. The van der Waals surface area contributed by atoms with Gasteiger partial charge >= 0.3 is 0 Å². The first-order valence-corrected chi connectivity index (χ1v) is 9.65. The van der Waals surface area contributed by atoms with Gasteiger partial charge in [0.25, 0.3) is 5.91 Å². The lowest BCUT2D eigenvalue weighted by atomic mass is 9.87. The van der Waals surface area contributed by atoms with E-state index in [1.54, 1.807) is 24.7 Å². The van der Waals surface area contributed by atoms with Crippen LogP contribution in [0.4, 0.5) is 17.2 Å². The number of hydrogen-bond donors (Lipinski definition) is 1. The Balaban J connectivity index is 1.60. The number of rotatable bonds is 3. The molecule has 6 nitrogen and oxygen atoms in total. The van der Waals surface area contributed by atoms with Gasteiger partial charge in [0.15, 0.2) is 11.6 Å². The molecule has 0 aliphatic carbocycles. The fourth-order valence-electron chi connectivity index (χ4n) is 3.35. The third kappa shape index (κ3) is 3.92. The van der Waals surface area contributed by atoms with Crippen LogP contribution < -0.4 is 15.0 Å². The average molecular weight is 388 g/mol. The summed E-state index contributed by atoms with van der Waals surface area (Å²) in [7, 11) is 0. The van der Waals surface area contributed by atoms with E-state index in [1.165, 1.54) is 5.56 Å². The van der Waals surface area contributed by atoms with Gasteiger partial charge in [-0.2, -0.15) is 0 Å². The Labute approximate surface area is 170 Å². The lowest BCUT2D eigenvalue weighted by molar-refractivity contribution is 0.102. The third-order valence-corrected chi connectivity index (χ3v) is 4.93. The van der Waals surface area contributed by atoms with E-state index in [9.17, 15) is 4.79 Å². The number of amides is 1. The predicted molar refractivity (Wildman–Crippen MR) is 114 cm³/mol. The maximum Gasteiger partial charge on any atom is 0.259 e. The molecule has 0 atom stereocenters. The molecule has 1 aliphatic heterocycles. The van der Waals surface area contributed by atoms with Gasteiger partial charge in [-0.3, -0.25) is 9.78 Å². The summed E-state index contributed by atoms with van der Waals surface area (Å²) in [6.07, 6.45) is 5.00. The molecule has 0 unspecified atom stereocenters. The van der Waals surface area contributed by atoms with Crippen LogP contribution in [-0.4, -0.2) is 29.0 Å². The highest BCUT2D eigenvalue weighted by Gasteiger charge is 2.25. The van der Waals surface area contributed by atoms with Crippen LogP contribution in [0, 0.1) is 0 Å². The van der Waals surface area contributed by atoms with Crippen LogP contribution in [0.5, 0.6) is 5.75 Å². The molecule has 1 aromatic heterocycles. The molecule has 4 rings (SSSR count). The molecule has 1 amide bonds. The van der Waals surface area contributed by atoms with Gasteiger partial charge in [0.2, 0.25) is 0 Å². The highest BCUT2D eigenvalue weighted by atomic mass is 16.5. The van der Waals surface area contributed by atoms with Crippen molar-refractivity contribution in [3.05, 3.63) is 72.2 Å². The number of carbonyl (C=O) groups excluding carboxylic acids is 1. The third-order valence-electron chi connectivity index (χ3n) is 4.93. The lowest BCUT2D eigenvalue weighted by Crippen LogP contribution is -2.30. The summed E-state index contributed by atoms with van der Waals surface area (Å²) < 4.78 is 5.88. The van der Waals surface area contributed by atoms with Crippen LogP contribution in [0.25, 0.3) is 0 Å². The van der Waals surface area contributed by atoms with E-state index in [1.807, 2.05) is 41.3 Å². The number of fused-ring (bicyclic) bond motifs is 1. The summed E-state index contributed by atoms with van der Waals surface area (Å²) in [6, 6.07) is 13.5. The highest BCUT2D eigenvalue weighted by Crippen LogP contribution is 2.38. The zero-order valence-corrected chi connectivity index (χ0v) is 16.8. The van der Waals surface area contributed by atoms with E-state index < -0.39 is 0 Å². The molecule has 6 heteroatoms. The van der Waals surface area contributed by atoms with E-state index in [2.05, 4.69) is 36.1 Å². The summed E-state index contributed by atoms with van der Waals surface area (Å²) in [5.74, 6) is 1.09. The van der Waals surface area contributed by atoms with Crippen LogP contribution in [0.3, 0.4) is 0 Å². The van der Waals surface area contributed by atoms with Gasteiger partial charge in [-0.15, -0.1) is 0 Å². The van der Waals surface area contributed by atoms with E-state index in [4.69, 9.17) is 4.74 Å². The van der Waals surface area contributed by atoms with Crippen molar-refractivity contribution < 1.29 is 9.53 Å². The van der Waals surface area contributed by atoms with Crippen LogP contribution in [0.2, 0.25) is 0 Å². The second-order valence-corrected chi connectivity index (χ2v) is 8.00. The summed E-state index contributed by atoms with van der Waals surface area (Å²) in [5.41, 5.74) is 3.35. The van der Waals surface area contributed by atoms with Crippen LogP contribution in [-0.2, 0) is 5.41 Å². The molecule has 0 bridgehead atoms. The Hall–Kier alpha value is -3.41. The second-order valence-electron chi connectivity index (χ2n) is 8.00. The number of aromatic nitrogens is 2. The smallest absolute Gasteiger partial charge is 0.259 e. The number of hydrogen-bond acceptors (Lipinski definition) is 5. The summed E-state index contributed by atoms with van der Waals surface area (Å²) in [4.78, 5) is 23.5. The first-order chi connectivity index (χ1) is 13.9. The van der Waals surface area contributed by atoms with Crippen molar-refractivity contribution >= 4 is 23.1 Å². The number of nitrogens with zero attached hydrogens (tertiary/aromatic N) is 3. The molecule has 0 radical (unpaired) electrons. The van der Waals surface area contributed by atoms with Gasteiger partial charge < -0.3 is 15.0 Å². The number of nitrogens with one attached hydrogen (secondary N) is 1. The van der Waals surface area contributed by atoms with Crippen molar-refractivity contribution in [1.82, 2.24) is 9.97 Å². The molecule has 0 fully saturated rings. The first-order valence-electron chi connectivity index (χ1n) is 9.65. The summed E-state index contributed by atoms with van der Waals surface area (Å²) in [5, 5.41) is 2.98. The van der Waals surface area contributed by atoms with Crippen LogP contribution in [0.1, 0.15) is 36.7 Å². The van der Waals surface area contributed by atoms with Crippen LogP contribution in [0.15, 0.2) is 61.1 Å². The number of para-hydroxylation sites is 1. The van der Waals surface area contributed by atoms with Crippen molar-refractivity contribution in [2.24, 2.45) is 0 Å². The van der Waals surface area contributed by atoms with Crippen LogP contribution >= 0.6 is 0 Å². The Kier molecular flexibility index (Phi) is 4.92. The largest absolute Gasteiger partial charge is 0.489 e. The Morgan fingerprint density at radius 1 is 1.10 bits per heavy atom. The minimum atomic E-state index is -0.202. The van der Waals surface area contributed by atoms with Gasteiger partial charge in [0, 0.05) is 18.1 Å². The van der Waals surface area contributed by atoms with Gasteiger partial charge in [-0.05, 0) is 35.2 Å². The van der Waals surface area contributed by atoms with Crippen molar-refractivity contribution in [3.8, 4) is 5.75 Å². The fraction of sp³-hybridized carbons (Fsp3) is 0.261. The molecular weight excluding hydrogens is 364 g/mol. The normalized spacial score (nSPS) is 13.4. The summed E-state index contributed by atoms with van der Waals surface area (Å²) in [6.45, 7) is 7.60. The number of ether oxygens (including phenoxy) is 1. The SMILES string of the molecule is CC(C)(C)c1ccc(NC(=O)c2cccc3c2OCCN3c2cnccn2)cc1. The Morgan fingerprint density at radius 2 is 1.90 bits per heavy atom. The van der Waals surface area contributed by atoms with Crippen molar-refractivity contribution in [2.45, 2.75) is 26.2 Å². The monoisotopic (exact) mass is 388 g/mol. The molecule has 0 spiro atoms. The zero-order chi connectivity index (χ0) is 20.4. The standard InChI is InChI=1S/C23H24N4O2/c1-23(2,3)16-7-9-17(10-8-16)26-22(28)18-5-4-6-19-21(18)29-14-13-27(19)20-15-24-11-12-25-20/h4-12,15H,13-14H2,1-3H3,(H,26,28). The molecule has 0 saturated heterocycles. The molecule has 3 aromatic rings. The van der Waals surface area contributed by atoms with Crippen molar-refractivity contribution in [2.75, 3.05) is 23.4 Å². The van der Waals surface area contributed by atoms with Crippen molar-refractivity contribution in [3.63, 3.8) is 0 Å².